The molecule has 0 aliphatic carbocycles. The van der Waals surface area contributed by atoms with Gasteiger partial charge in [-0.2, -0.15) is 13.2 Å². The van der Waals surface area contributed by atoms with Crippen molar-refractivity contribution in [3.8, 4) is 0 Å². The Kier molecular flexibility index (Phi) is 6.17. The Hall–Kier alpha value is -2.94. The first-order valence-electron chi connectivity index (χ1n) is 8.97. The molecule has 0 spiro atoms. The zero-order valence-electron chi connectivity index (χ0n) is 15.4. The summed E-state index contributed by atoms with van der Waals surface area (Å²) in [5, 5.41) is 2.31. The van der Waals surface area contributed by atoms with Crippen molar-refractivity contribution in [2.24, 2.45) is 0 Å². The van der Waals surface area contributed by atoms with Crippen molar-refractivity contribution >= 4 is 17.5 Å². The maximum atomic E-state index is 13.0. The van der Waals surface area contributed by atoms with E-state index in [0.717, 1.165) is 6.07 Å². The maximum absolute atomic E-state index is 13.0. The summed E-state index contributed by atoms with van der Waals surface area (Å²) in [6.45, 7) is 1.46. The molecule has 0 radical (unpaired) electrons. The molecule has 1 N–H and O–H groups in total. The molecule has 5 nitrogen and oxygen atoms in total. The van der Waals surface area contributed by atoms with Gasteiger partial charge in [0.05, 0.1) is 17.8 Å². The summed E-state index contributed by atoms with van der Waals surface area (Å²) in [5.41, 5.74) is -0.806. The number of piperazine rings is 1. The summed E-state index contributed by atoms with van der Waals surface area (Å²) in [4.78, 5) is 28.0. The number of hydrogen-bond acceptors (Lipinski definition) is 3. The van der Waals surface area contributed by atoms with E-state index in [1.165, 1.54) is 42.5 Å². The summed E-state index contributed by atoms with van der Waals surface area (Å²) >= 11 is 0. The first-order chi connectivity index (χ1) is 13.7. The van der Waals surface area contributed by atoms with Crippen molar-refractivity contribution < 1.29 is 27.2 Å². The van der Waals surface area contributed by atoms with Crippen LogP contribution in [0.15, 0.2) is 48.5 Å². The molecule has 1 fully saturated rings. The van der Waals surface area contributed by atoms with E-state index in [4.69, 9.17) is 0 Å². The minimum absolute atomic E-state index is 0.0786. The molecule has 0 bridgehead atoms. The highest BCUT2D eigenvalue weighted by molar-refractivity contribution is 5.94. The fourth-order valence-electron chi connectivity index (χ4n) is 3.12. The third kappa shape index (κ3) is 5.32. The number of carbonyl (C=O) groups is 2. The van der Waals surface area contributed by atoms with Gasteiger partial charge in [0.1, 0.15) is 5.82 Å². The van der Waals surface area contributed by atoms with Crippen LogP contribution in [0.2, 0.25) is 0 Å². The predicted octanol–water partition coefficient (Wildman–Crippen LogP) is 3.24. The Labute approximate surface area is 164 Å². The monoisotopic (exact) mass is 409 g/mol. The summed E-state index contributed by atoms with van der Waals surface area (Å²) in [6.07, 6.45) is -4.56. The smallest absolute Gasteiger partial charge is 0.336 e. The average molecular weight is 409 g/mol. The Bertz CT molecular complexity index is 876. The number of benzene rings is 2. The van der Waals surface area contributed by atoms with Crippen LogP contribution in [-0.4, -0.2) is 54.3 Å². The first kappa shape index (κ1) is 20.8. The molecule has 29 heavy (non-hydrogen) atoms. The van der Waals surface area contributed by atoms with E-state index in [0.29, 0.717) is 31.7 Å². The van der Waals surface area contributed by atoms with E-state index >= 15 is 0 Å². The molecule has 2 amide bonds. The average Bonchev–Trinajstić information content (AvgIpc) is 2.68. The zero-order valence-corrected chi connectivity index (χ0v) is 15.4. The van der Waals surface area contributed by atoms with Crippen molar-refractivity contribution in [3.63, 3.8) is 0 Å². The number of halogens is 4. The standard InChI is InChI=1S/C20H19F4N3O2/c21-15-7-5-14(6-8-15)19(29)27-11-9-26(10-12-27)13-18(28)25-17-4-2-1-3-16(17)20(22,23)24/h1-8H,9-13H2,(H,25,28). The lowest BCUT2D eigenvalue weighted by atomic mass is 10.1. The number of rotatable bonds is 4. The molecule has 0 unspecified atom stereocenters. The van der Waals surface area contributed by atoms with Crippen LogP contribution in [-0.2, 0) is 11.0 Å². The summed E-state index contributed by atoms with van der Waals surface area (Å²) in [7, 11) is 0. The quantitative estimate of drug-likeness (QED) is 0.789. The highest BCUT2D eigenvalue weighted by Gasteiger charge is 2.33. The molecule has 0 saturated carbocycles. The van der Waals surface area contributed by atoms with Crippen molar-refractivity contribution in [2.75, 3.05) is 38.0 Å². The maximum Gasteiger partial charge on any atom is 0.418 e. The molecule has 2 aromatic rings. The van der Waals surface area contributed by atoms with Crippen LogP contribution in [0.1, 0.15) is 15.9 Å². The van der Waals surface area contributed by atoms with Crippen LogP contribution in [0.25, 0.3) is 0 Å². The minimum atomic E-state index is -4.56. The van der Waals surface area contributed by atoms with Crippen LogP contribution in [0.5, 0.6) is 0 Å². The van der Waals surface area contributed by atoms with Crippen molar-refractivity contribution in [2.45, 2.75) is 6.18 Å². The van der Waals surface area contributed by atoms with Crippen LogP contribution in [0.4, 0.5) is 23.2 Å². The van der Waals surface area contributed by atoms with E-state index in [2.05, 4.69) is 5.32 Å². The summed E-state index contributed by atoms with van der Waals surface area (Å²) < 4.78 is 52.0. The third-order valence-corrected chi connectivity index (χ3v) is 4.62. The van der Waals surface area contributed by atoms with Gasteiger partial charge in [-0.3, -0.25) is 14.5 Å². The second kappa shape index (κ2) is 8.60. The van der Waals surface area contributed by atoms with Gasteiger partial charge in [0.2, 0.25) is 5.91 Å². The number of nitrogens with zero attached hydrogens (tertiary/aromatic N) is 2. The van der Waals surface area contributed by atoms with Crippen molar-refractivity contribution in [1.82, 2.24) is 9.80 Å². The molecular weight excluding hydrogens is 390 g/mol. The molecule has 1 aliphatic heterocycles. The number of hydrogen-bond donors (Lipinski definition) is 1. The van der Waals surface area contributed by atoms with Crippen molar-refractivity contribution in [3.05, 3.63) is 65.5 Å². The molecule has 3 rings (SSSR count). The zero-order chi connectivity index (χ0) is 21.0. The van der Waals surface area contributed by atoms with Gasteiger partial charge in [0.15, 0.2) is 0 Å². The lowest BCUT2D eigenvalue weighted by Gasteiger charge is -2.34. The van der Waals surface area contributed by atoms with Gasteiger partial charge in [-0.05, 0) is 36.4 Å². The number of carbonyl (C=O) groups excluding carboxylic acids is 2. The Morgan fingerprint density at radius 3 is 2.17 bits per heavy atom. The number of amides is 2. The molecule has 0 aromatic heterocycles. The van der Waals surface area contributed by atoms with Gasteiger partial charge in [-0.1, -0.05) is 12.1 Å². The highest BCUT2D eigenvalue weighted by atomic mass is 19.4. The van der Waals surface area contributed by atoms with Crippen LogP contribution in [0, 0.1) is 5.82 Å². The fraction of sp³-hybridized carbons (Fsp3) is 0.300. The number of alkyl halides is 3. The summed E-state index contributed by atoms with van der Waals surface area (Å²) in [6, 6.07) is 10.1. The highest BCUT2D eigenvalue weighted by Crippen LogP contribution is 2.34. The predicted molar refractivity (Wildman–Crippen MR) is 98.8 cm³/mol. The number of para-hydroxylation sites is 1. The van der Waals surface area contributed by atoms with Gasteiger partial charge in [0.25, 0.3) is 5.91 Å². The lowest BCUT2D eigenvalue weighted by molar-refractivity contribution is -0.137. The van der Waals surface area contributed by atoms with Crippen LogP contribution in [0.3, 0.4) is 0 Å². The molecule has 9 heteroatoms. The molecule has 154 valence electrons. The minimum Gasteiger partial charge on any atom is -0.336 e. The number of anilines is 1. The molecule has 1 heterocycles. The van der Waals surface area contributed by atoms with E-state index in [9.17, 15) is 27.2 Å². The second-order valence-corrected chi connectivity index (χ2v) is 6.67. The van der Waals surface area contributed by atoms with Gasteiger partial charge < -0.3 is 10.2 Å². The number of nitrogens with one attached hydrogen (secondary N) is 1. The first-order valence-corrected chi connectivity index (χ1v) is 8.97. The summed E-state index contributed by atoms with van der Waals surface area (Å²) in [5.74, 6) is -1.21. The lowest BCUT2D eigenvalue weighted by Crippen LogP contribution is -2.50. The normalized spacial score (nSPS) is 15.2. The SMILES string of the molecule is O=C(CN1CCN(C(=O)c2ccc(F)cc2)CC1)Nc1ccccc1C(F)(F)F. The Morgan fingerprint density at radius 2 is 1.55 bits per heavy atom. The largest absolute Gasteiger partial charge is 0.418 e. The molecule has 2 aromatic carbocycles. The third-order valence-electron chi connectivity index (χ3n) is 4.62. The van der Waals surface area contributed by atoms with E-state index in [-0.39, 0.29) is 18.1 Å². The molecular formula is C20H19F4N3O2. The van der Waals surface area contributed by atoms with Gasteiger partial charge in [-0.25, -0.2) is 4.39 Å². The van der Waals surface area contributed by atoms with Crippen LogP contribution >= 0.6 is 0 Å². The van der Waals surface area contributed by atoms with E-state index < -0.39 is 23.5 Å². The van der Waals surface area contributed by atoms with Gasteiger partial charge in [0, 0.05) is 31.7 Å². The molecule has 1 saturated heterocycles. The van der Waals surface area contributed by atoms with Gasteiger partial charge >= 0.3 is 6.18 Å². The fourth-order valence-corrected chi connectivity index (χ4v) is 3.12. The van der Waals surface area contributed by atoms with Crippen molar-refractivity contribution in [1.29, 1.82) is 0 Å². The molecule has 0 atom stereocenters. The van der Waals surface area contributed by atoms with Gasteiger partial charge in [-0.15, -0.1) is 0 Å². The van der Waals surface area contributed by atoms with Crippen LogP contribution < -0.4 is 5.32 Å². The van der Waals surface area contributed by atoms with E-state index in [1.807, 2.05) is 0 Å². The second-order valence-electron chi connectivity index (χ2n) is 6.67. The Morgan fingerprint density at radius 1 is 0.931 bits per heavy atom. The topological polar surface area (TPSA) is 52.7 Å². The Balaban J connectivity index is 1.53. The van der Waals surface area contributed by atoms with E-state index in [1.54, 1.807) is 9.80 Å². The molecule has 1 aliphatic rings.